The maximum absolute atomic E-state index is 5.45. The van der Waals surface area contributed by atoms with E-state index in [1.54, 1.807) is 0 Å². The van der Waals surface area contributed by atoms with Gasteiger partial charge in [0.1, 0.15) is 6.10 Å². The molecular weight excluding hydrogens is 174 g/mol. The van der Waals surface area contributed by atoms with Crippen molar-refractivity contribution in [3.05, 3.63) is 5.82 Å². The van der Waals surface area contributed by atoms with E-state index >= 15 is 0 Å². The Hall–Kier alpha value is -0.680. The fourth-order valence-corrected chi connectivity index (χ4v) is 1.81. The van der Waals surface area contributed by atoms with Gasteiger partial charge in [-0.2, -0.15) is 4.37 Å². The first kappa shape index (κ1) is 7.94. The second kappa shape index (κ2) is 3.37. The van der Waals surface area contributed by atoms with Gasteiger partial charge in [-0.15, -0.1) is 0 Å². The summed E-state index contributed by atoms with van der Waals surface area (Å²) in [5, 5.41) is 3.82. The standard InChI is InChI=1S/C7H11N3OS/c1-8-7-9-6(10-12-7)5-3-2-4-11-5/h5H,2-4H2,1H3,(H,8,9,10). The molecule has 0 bridgehead atoms. The summed E-state index contributed by atoms with van der Waals surface area (Å²) in [5.41, 5.74) is 0. The van der Waals surface area contributed by atoms with Crippen LogP contribution in [0, 0.1) is 0 Å². The molecule has 1 aliphatic rings. The van der Waals surface area contributed by atoms with E-state index in [-0.39, 0.29) is 6.10 Å². The van der Waals surface area contributed by atoms with E-state index in [4.69, 9.17) is 4.74 Å². The first-order valence-corrected chi connectivity index (χ1v) is 4.80. The molecule has 1 unspecified atom stereocenters. The minimum Gasteiger partial charge on any atom is -0.370 e. The molecule has 1 N–H and O–H groups in total. The van der Waals surface area contributed by atoms with Crippen LogP contribution in [0.2, 0.25) is 0 Å². The van der Waals surface area contributed by atoms with E-state index in [0.717, 1.165) is 30.4 Å². The summed E-state index contributed by atoms with van der Waals surface area (Å²) in [6, 6.07) is 0. The third kappa shape index (κ3) is 1.42. The number of nitrogens with one attached hydrogen (secondary N) is 1. The quantitative estimate of drug-likeness (QED) is 0.757. The average Bonchev–Trinajstić information content (AvgIpc) is 2.75. The maximum atomic E-state index is 5.45. The van der Waals surface area contributed by atoms with Gasteiger partial charge in [-0.05, 0) is 12.8 Å². The molecule has 1 fully saturated rings. The van der Waals surface area contributed by atoms with Gasteiger partial charge < -0.3 is 10.1 Å². The number of hydrogen-bond donors (Lipinski definition) is 1. The van der Waals surface area contributed by atoms with E-state index in [0.29, 0.717) is 0 Å². The van der Waals surface area contributed by atoms with Crippen LogP contribution < -0.4 is 5.32 Å². The van der Waals surface area contributed by atoms with Crippen molar-refractivity contribution in [3.8, 4) is 0 Å². The highest BCUT2D eigenvalue weighted by Gasteiger charge is 2.21. The van der Waals surface area contributed by atoms with Gasteiger partial charge in [0.15, 0.2) is 5.82 Å². The molecule has 2 heterocycles. The van der Waals surface area contributed by atoms with Crippen molar-refractivity contribution in [3.63, 3.8) is 0 Å². The Morgan fingerprint density at radius 1 is 1.67 bits per heavy atom. The Labute approximate surface area is 75.1 Å². The molecule has 0 spiro atoms. The van der Waals surface area contributed by atoms with Crippen molar-refractivity contribution in [2.24, 2.45) is 0 Å². The van der Waals surface area contributed by atoms with Gasteiger partial charge in [-0.25, -0.2) is 4.98 Å². The minimum atomic E-state index is 0.142. The first-order chi connectivity index (χ1) is 5.90. The lowest BCUT2D eigenvalue weighted by molar-refractivity contribution is 0.106. The summed E-state index contributed by atoms with van der Waals surface area (Å²) < 4.78 is 9.66. The topological polar surface area (TPSA) is 47.0 Å². The predicted molar refractivity (Wildman–Crippen MR) is 47.4 cm³/mol. The summed E-state index contributed by atoms with van der Waals surface area (Å²) in [6.07, 6.45) is 2.32. The number of nitrogens with zero attached hydrogens (tertiary/aromatic N) is 2. The number of anilines is 1. The summed E-state index contributed by atoms with van der Waals surface area (Å²) in [5.74, 6) is 0.835. The molecule has 1 saturated heterocycles. The van der Waals surface area contributed by atoms with Crippen molar-refractivity contribution < 1.29 is 4.74 Å². The van der Waals surface area contributed by atoms with Gasteiger partial charge in [0.05, 0.1) is 0 Å². The number of hydrogen-bond acceptors (Lipinski definition) is 5. The third-order valence-corrected chi connectivity index (χ3v) is 2.62. The van der Waals surface area contributed by atoms with Gasteiger partial charge >= 0.3 is 0 Å². The normalized spacial score (nSPS) is 22.9. The van der Waals surface area contributed by atoms with E-state index in [2.05, 4.69) is 14.7 Å². The van der Waals surface area contributed by atoms with Crippen molar-refractivity contribution >= 4 is 16.7 Å². The minimum absolute atomic E-state index is 0.142. The van der Waals surface area contributed by atoms with Crippen LogP contribution in [0.5, 0.6) is 0 Å². The Bertz CT molecular complexity index is 257. The van der Waals surface area contributed by atoms with Crippen LogP contribution in [0.1, 0.15) is 24.8 Å². The molecule has 0 amide bonds. The van der Waals surface area contributed by atoms with E-state index in [1.807, 2.05) is 7.05 Å². The molecule has 4 nitrogen and oxygen atoms in total. The lowest BCUT2D eigenvalue weighted by Gasteiger charge is -2.01. The van der Waals surface area contributed by atoms with Gasteiger partial charge in [0.25, 0.3) is 0 Å². The zero-order valence-electron chi connectivity index (χ0n) is 6.91. The van der Waals surface area contributed by atoms with E-state index in [1.165, 1.54) is 11.5 Å². The Kier molecular flexibility index (Phi) is 2.23. The smallest absolute Gasteiger partial charge is 0.202 e. The molecule has 1 aromatic heterocycles. The summed E-state index contributed by atoms with van der Waals surface area (Å²) >= 11 is 1.38. The third-order valence-electron chi connectivity index (χ3n) is 1.87. The molecule has 5 heteroatoms. The second-order valence-electron chi connectivity index (χ2n) is 2.71. The van der Waals surface area contributed by atoms with Crippen LogP contribution in [-0.2, 0) is 4.74 Å². The van der Waals surface area contributed by atoms with E-state index in [9.17, 15) is 0 Å². The predicted octanol–water partition coefficient (Wildman–Crippen LogP) is 1.43. The van der Waals surface area contributed by atoms with E-state index < -0.39 is 0 Å². The highest BCUT2D eigenvalue weighted by Crippen LogP contribution is 2.27. The largest absolute Gasteiger partial charge is 0.370 e. The van der Waals surface area contributed by atoms with Gasteiger partial charge in [-0.1, -0.05) is 0 Å². The zero-order chi connectivity index (χ0) is 8.39. The summed E-state index contributed by atoms with van der Waals surface area (Å²) in [4.78, 5) is 4.28. The molecule has 0 saturated carbocycles. The number of aromatic nitrogens is 2. The number of rotatable bonds is 2. The molecular formula is C7H11N3OS. The molecule has 0 aliphatic carbocycles. The molecule has 2 rings (SSSR count). The van der Waals surface area contributed by atoms with Crippen LogP contribution >= 0.6 is 11.5 Å². The Balaban J connectivity index is 2.11. The summed E-state index contributed by atoms with van der Waals surface area (Å²) in [6.45, 7) is 0.846. The number of ether oxygens (including phenoxy) is 1. The molecule has 0 aromatic carbocycles. The fourth-order valence-electron chi connectivity index (χ4n) is 1.25. The molecule has 12 heavy (non-hydrogen) atoms. The highest BCUT2D eigenvalue weighted by atomic mass is 32.1. The molecule has 1 aliphatic heterocycles. The van der Waals surface area contributed by atoms with Crippen molar-refractivity contribution in [2.45, 2.75) is 18.9 Å². The van der Waals surface area contributed by atoms with Gasteiger partial charge in [-0.3, -0.25) is 0 Å². The lowest BCUT2D eigenvalue weighted by atomic mass is 10.2. The molecule has 1 atom stereocenters. The Morgan fingerprint density at radius 3 is 3.17 bits per heavy atom. The lowest BCUT2D eigenvalue weighted by Crippen LogP contribution is -1.98. The van der Waals surface area contributed by atoms with Crippen LogP contribution in [0.15, 0.2) is 0 Å². The summed E-state index contributed by atoms with van der Waals surface area (Å²) in [7, 11) is 1.85. The van der Waals surface area contributed by atoms with Gasteiger partial charge in [0, 0.05) is 25.2 Å². The molecule has 66 valence electrons. The van der Waals surface area contributed by atoms with Gasteiger partial charge in [0.2, 0.25) is 5.13 Å². The second-order valence-corrected chi connectivity index (χ2v) is 3.46. The molecule has 0 radical (unpaired) electrons. The van der Waals surface area contributed by atoms with Crippen molar-refractivity contribution in [2.75, 3.05) is 19.0 Å². The van der Waals surface area contributed by atoms with Crippen molar-refractivity contribution in [1.29, 1.82) is 0 Å². The SMILES string of the molecule is CNc1nc(C2CCCO2)ns1. The van der Waals surface area contributed by atoms with Crippen LogP contribution in [-0.4, -0.2) is 23.0 Å². The Morgan fingerprint density at radius 2 is 2.58 bits per heavy atom. The maximum Gasteiger partial charge on any atom is 0.202 e. The van der Waals surface area contributed by atoms with Crippen LogP contribution in [0.3, 0.4) is 0 Å². The monoisotopic (exact) mass is 185 g/mol. The van der Waals surface area contributed by atoms with Crippen LogP contribution in [0.4, 0.5) is 5.13 Å². The van der Waals surface area contributed by atoms with Crippen LogP contribution in [0.25, 0.3) is 0 Å². The first-order valence-electron chi connectivity index (χ1n) is 4.03. The molecule has 1 aromatic rings. The average molecular weight is 185 g/mol. The zero-order valence-corrected chi connectivity index (χ0v) is 7.73. The highest BCUT2D eigenvalue weighted by molar-refractivity contribution is 7.09. The van der Waals surface area contributed by atoms with Crippen molar-refractivity contribution in [1.82, 2.24) is 9.36 Å². The fraction of sp³-hybridized carbons (Fsp3) is 0.714.